The quantitative estimate of drug-likeness (QED) is 0.399. The topological polar surface area (TPSA) is 96.5 Å². The van der Waals surface area contributed by atoms with E-state index >= 15 is 0 Å². The third-order valence-electron chi connectivity index (χ3n) is 4.20. The van der Waals surface area contributed by atoms with Crippen molar-refractivity contribution >= 4 is 41.0 Å². The summed E-state index contributed by atoms with van der Waals surface area (Å²) in [5.74, 6) is -0.719. The minimum absolute atomic E-state index is 0.306. The molecule has 0 fully saturated rings. The fourth-order valence-corrected chi connectivity index (χ4v) is 2.66. The van der Waals surface area contributed by atoms with Crippen molar-refractivity contribution in [1.29, 1.82) is 0 Å². The molecule has 0 unspecified atom stereocenters. The monoisotopic (exact) mass is 415 g/mol. The molecule has 3 rings (SSSR count). The van der Waals surface area contributed by atoms with E-state index in [-0.39, 0.29) is 11.9 Å². The van der Waals surface area contributed by atoms with Gasteiger partial charge in [0.25, 0.3) is 0 Å². The fourth-order valence-electron chi connectivity index (χ4n) is 2.66. The van der Waals surface area contributed by atoms with Crippen LogP contribution in [0.1, 0.15) is 15.9 Å². The highest BCUT2D eigenvalue weighted by atomic mass is 16.5. The van der Waals surface area contributed by atoms with E-state index in [9.17, 15) is 14.4 Å². The first-order chi connectivity index (χ1) is 15.0. The van der Waals surface area contributed by atoms with E-state index in [1.54, 1.807) is 66.7 Å². The van der Waals surface area contributed by atoms with Gasteiger partial charge in [-0.25, -0.2) is 9.59 Å². The lowest BCUT2D eigenvalue weighted by Gasteiger charge is -2.08. The van der Waals surface area contributed by atoms with Crippen LogP contribution in [-0.4, -0.2) is 25.0 Å². The number of ether oxygens (including phenoxy) is 1. The maximum Gasteiger partial charge on any atom is 0.337 e. The number of esters is 1. The lowest BCUT2D eigenvalue weighted by atomic mass is 10.1. The summed E-state index contributed by atoms with van der Waals surface area (Å²) in [6.07, 6.45) is 3.03. The Morgan fingerprint density at radius 2 is 1.26 bits per heavy atom. The van der Waals surface area contributed by atoms with E-state index < -0.39 is 5.97 Å². The highest BCUT2D eigenvalue weighted by molar-refractivity contribution is 6.02. The molecule has 0 radical (unpaired) electrons. The van der Waals surface area contributed by atoms with Crippen molar-refractivity contribution in [1.82, 2.24) is 0 Å². The van der Waals surface area contributed by atoms with E-state index in [1.165, 1.54) is 13.2 Å². The normalized spacial score (nSPS) is 10.4. The number of methoxy groups -OCH3 is 1. The summed E-state index contributed by atoms with van der Waals surface area (Å²) in [5.41, 5.74) is 3.08. The summed E-state index contributed by atoms with van der Waals surface area (Å²) in [4.78, 5) is 35.6. The zero-order valence-electron chi connectivity index (χ0n) is 16.8. The molecule has 7 heteroatoms. The molecule has 0 aliphatic carbocycles. The van der Waals surface area contributed by atoms with Gasteiger partial charge >= 0.3 is 12.0 Å². The lowest BCUT2D eigenvalue weighted by molar-refractivity contribution is -0.111. The predicted octanol–water partition coefficient (Wildman–Crippen LogP) is 4.77. The average Bonchev–Trinajstić information content (AvgIpc) is 2.79. The number of nitrogens with one attached hydrogen (secondary N) is 3. The smallest absolute Gasteiger partial charge is 0.337 e. The summed E-state index contributed by atoms with van der Waals surface area (Å²) in [5, 5.41) is 8.20. The Morgan fingerprint density at radius 3 is 1.84 bits per heavy atom. The number of benzene rings is 3. The molecular weight excluding hydrogens is 394 g/mol. The number of carbonyl (C=O) groups excluding carboxylic acids is 3. The van der Waals surface area contributed by atoms with Crippen molar-refractivity contribution in [3.63, 3.8) is 0 Å². The Labute approximate surface area is 179 Å². The molecule has 0 aliphatic heterocycles. The molecule has 3 aromatic carbocycles. The number of hydrogen-bond acceptors (Lipinski definition) is 4. The standard InChI is InChI=1S/C24H21N3O4/c1-31-23(29)18-10-7-17(8-11-18)9-16-22(28)25-20-12-14-21(15-13-20)27-24(30)26-19-5-3-2-4-6-19/h2-16H,1H3,(H,25,28)(H2,26,27,30)/b16-9+. The predicted molar refractivity (Wildman–Crippen MR) is 121 cm³/mol. The molecule has 3 aromatic rings. The van der Waals surface area contributed by atoms with Gasteiger partial charge in [0.05, 0.1) is 12.7 Å². The van der Waals surface area contributed by atoms with Crippen LogP contribution in [0.4, 0.5) is 21.9 Å². The number of para-hydroxylation sites is 1. The van der Waals surface area contributed by atoms with Crippen molar-refractivity contribution in [3.05, 3.63) is 96.1 Å². The van der Waals surface area contributed by atoms with Crippen LogP contribution in [0, 0.1) is 0 Å². The van der Waals surface area contributed by atoms with E-state index in [1.807, 2.05) is 18.2 Å². The average molecular weight is 415 g/mol. The molecule has 31 heavy (non-hydrogen) atoms. The zero-order valence-corrected chi connectivity index (χ0v) is 16.8. The number of hydrogen-bond donors (Lipinski definition) is 3. The Hall–Kier alpha value is -4.39. The van der Waals surface area contributed by atoms with E-state index in [0.717, 1.165) is 5.56 Å². The molecular formula is C24H21N3O4. The van der Waals surface area contributed by atoms with Crippen molar-refractivity contribution < 1.29 is 19.1 Å². The fraction of sp³-hybridized carbons (Fsp3) is 0.0417. The first kappa shape index (κ1) is 21.3. The third-order valence-corrected chi connectivity index (χ3v) is 4.20. The van der Waals surface area contributed by atoms with Crippen LogP contribution in [0.3, 0.4) is 0 Å². The maximum atomic E-state index is 12.1. The van der Waals surface area contributed by atoms with Crippen molar-refractivity contribution in [2.24, 2.45) is 0 Å². The van der Waals surface area contributed by atoms with Gasteiger partial charge in [-0.3, -0.25) is 4.79 Å². The lowest BCUT2D eigenvalue weighted by Crippen LogP contribution is -2.19. The zero-order chi connectivity index (χ0) is 22.1. The van der Waals surface area contributed by atoms with Crippen LogP contribution in [0.15, 0.2) is 84.9 Å². The SMILES string of the molecule is COC(=O)c1ccc(/C=C/C(=O)Nc2ccc(NC(=O)Nc3ccccc3)cc2)cc1. The van der Waals surface area contributed by atoms with Gasteiger partial charge in [-0.2, -0.15) is 0 Å². The van der Waals surface area contributed by atoms with Crippen LogP contribution in [0.2, 0.25) is 0 Å². The third kappa shape index (κ3) is 6.57. The number of rotatable bonds is 6. The highest BCUT2D eigenvalue weighted by Crippen LogP contribution is 2.15. The van der Waals surface area contributed by atoms with Crippen molar-refractivity contribution in [3.8, 4) is 0 Å². The summed E-state index contributed by atoms with van der Waals surface area (Å²) >= 11 is 0. The second kappa shape index (κ2) is 10.4. The van der Waals surface area contributed by atoms with Crippen molar-refractivity contribution in [2.45, 2.75) is 0 Å². The Morgan fingerprint density at radius 1 is 0.710 bits per heavy atom. The molecule has 3 amide bonds. The van der Waals surface area contributed by atoms with Gasteiger partial charge in [-0.15, -0.1) is 0 Å². The first-order valence-corrected chi connectivity index (χ1v) is 9.44. The maximum absolute atomic E-state index is 12.1. The Kier molecular flexibility index (Phi) is 7.16. The second-order valence-corrected chi connectivity index (χ2v) is 6.46. The van der Waals surface area contributed by atoms with E-state index in [2.05, 4.69) is 20.7 Å². The van der Waals surface area contributed by atoms with Gasteiger partial charge < -0.3 is 20.7 Å². The van der Waals surface area contributed by atoms with Gasteiger partial charge in [0.1, 0.15) is 0 Å². The second-order valence-electron chi connectivity index (χ2n) is 6.46. The van der Waals surface area contributed by atoms with Gasteiger partial charge in [0, 0.05) is 23.1 Å². The minimum atomic E-state index is -0.413. The molecule has 0 atom stereocenters. The number of anilines is 3. The number of urea groups is 1. The summed E-state index contributed by atoms with van der Waals surface area (Å²) in [6.45, 7) is 0. The number of amides is 3. The number of carbonyl (C=O) groups is 3. The summed E-state index contributed by atoms with van der Waals surface area (Å²) < 4.78 is 4.65. The van der Waals surface area contributed by atoms with Crippen LogP contribution in [-0.2, 0) is 9.53 Å². The Bertz CT molecular complexity index is 1080. The molecule has 0 saturated heterocycles. The molecule has 3 N–H and O–H groups in total. The molecule has 0 aliphatic rings. The van der Waals surface area contributed by atoms with Gasteiger partial charge in [-0.1, -0.05) is 30.3 Å². The van der Waals surface area contributed by atoms with Crippen LogP contribution < -0.4 is 16.0 Å². The van der Waals surface area contributed by atoms with Gasteiger partial charge in [0.15, 0.2) is 0 Å². The van der Waals surface area contributed by atoms with Gasteiger partial charge in [0.2, 0.25) is 5.91 Å². The van der Waals surface area contributed by atoms with Crippen LogP contribution in [0.25, 0.3) is 6.08 Å². The van der Waals surface area contributed by atoms with Crippen LogP contribution in [0.5, 0.6) is 0 Å². The van der Waals surface area contributed by atoms with Crippen LogP contribution >= 0.6 is 0 Å². The van der Waals surface area contributed by atoms with Gasteiger partial charge in [-0.05, 0) is 60.2 Å². The molecule has 0 heterocycles. The van der Waals surface area contributed by atoms with Crippen molar-refractivity contribution in [2.75, 3.05) is 23.1 Å². The van der Waals surface area contributed by atoms with E-state index in [4.69, 9.17) is 0 Å². The molecule has 0 bridgehead atoms. The minimum Gasteiger partial charge on any atom is -0.465 e. The summed E-state index contributed by atoms with van der Waals surface area (Å²) in [6, 6.07) is 22.2. The molecule has 0 spiro atoms. The molecule has 0 aromatic heterocycles. The largest absolute Gasteiger partial charge is 0.465 e. The molecule has 156 valence electrons. The summed E-state index contributed by atoms with van der Waals surface area (Å²) in [7, 11) is 1.32. The molecule has 7 nitrogen and oxygen atoms in total. The first-order valence-electron chi connectivity index (χ1n) is 9.44. The van der Waals surface area contributed by atoms with E-state index in [0.29, 0.717) is 22.6 Å². The highest BCUT2D eigenvalue weighted by Gasteiger charge is 2.05. The Balaban J connectivity index is 1.50. The molecule has 0 saturated carbocycles.